The van der Waals surface area contributed by atoms with Crippen molar-refractivity contribution in [2.24, 2.45) is 11.8 Å². The second-order valence-corrected chi connectivity index (χ2v) is 4.32. The van der Waals surface area contributed by atoms with E-state index in [0.29, 0.717) is 25.2 Å². The zero-order valence-corrected chi connectivity index (χ0v) is 7.89. The van der Waals surface area contributed by atoms with Crippen LogP contribution in [0.2, 0.25) is 0 Å². The van der Waals surface area contributed by atoms with Crippen molar-refractivity contribution in [3.63, 3.8) is 0 Å². The molecule has 3 unspecified atom stereocenters. The molecule has 1 aliphatic rings. The van der Waals surface area contributed by atoms with E-state index in [1.807, 2.05) is 0 Å². The second kappa shape index (κ2) is 4.20. The first-order valence-electron chi connectivity index (χ1n) is 4.87. The second-order valence-electron chi connectivity index (χ2n) is 4.32. The van der Waals surface area contributed by atoms with E-state index in [9.17, 15) is 8.78 Å². The van der Waals surface area contributed by atoms with Crippen LogP contribution in [0.5, 0.6) is 0 Å². The van der Waals surface area contributed by atoms with E-state index in [4.69, 9.17) is 0 Å². The maximum absolute atomic E-state index is 13.2. The Kier molecular flexibility index (Phi) is 3.48. The summed E-state index contributed by atoms with van der Waals surface area (Å²) >= 11 is 0. The van der Waals surface area contributed by atoms with Crippen molar-refractivity contribution in [3.05, 3.63) is 0 Å². The fourth-order valence-electron chi connectivity index (χ4n) is 2.02. The van der Waals surface area contributed by atoms with Gasteiger partial charge in [-0.3, -0.25) is 0 Å². The fourth-order valence-corrected chi connectivity index (χ4v) is 2.02. The van der Waals surface area contributed by atoms with Crippen molar-refractivity contribution in [1.82, 2.24) is 0 Å². The Morgan fingerprint density at radius 2 is 1.92 bits per heavy atom. The lowest BCUT2D eigenvalue weighted by Gasteiger charge is -2.29. The van der Waals surface area contributed by atoms with E-state index in [2.05, 4.69) is 13.8 Å². The summed E-state index contributed by atoms with van der Waals surface area (Å²) in [5, 5.41) is 0. The van der Waals surface area contributed by atoms with Crippen LogP contribution in [0.1, 0.15) is 39.5 Å². The molecule has 72 valence electrons. The number of hydrogen-bond acceptors (Lipinski definition) is 0. The third-order valence-electron chi connectivity index (χ3n) is 2.60. The van der Waals surface area contributed by atoms with E-state index < -0.39 is 12.3 Å². The summed E-state index contributed by atoms with van der Waals surface area (Å²) in [4.78, 5) is 0. The van der Waals surface area contributed by atoms with Gasteiger partial charge in [-0.2, -0.15) is 0 Å². The van der Waals surface area contributed by atoms with Crippen molar-refractivity contribution in [2.75, 3.05) is 0 Å². The average molecular weight is 176 g/mol. The van der Waals surface area contributed by atoms with E-state index in [-0.39, 0.29) is 5.92 Å². The SMILES string of the molecule is CC(C)CC1CC(F)CCC1F. The molecule has 1 aliphatic carbocycles. The molecule has 0 saturated heterocycles. The molecule has 0 aromatic heterocycles. The lowest BCUT2D eigenvalue weighted by molar-refractivity contribution is 0.0905. The van der Waals surface area contributed by atoms with Gasteiger partial charge in [0.15, 0.2) is 0 Å². The lowest BCUT2D eigenvalue weighted by atomic mass is 9.81. The molecule has 0 N–H and O–H groups in total. The zero-order valence-electron chi connectivity index (χ0n) is 7.89. The summed E-state index contributed by atoms with van der Waals surface area (Å²) in [5.41, 5.74) is 0. The van der Waals surface area contributed by atoms with E-state index in [0.717, 1.165) is 6.42 Å². The number of alkyl halides is 2. The first-order chi connectivity index (χ1) is 5.59. The van der Waals surface area contributed by atoms with Gasteiger partial charge in [-0.25, -0.2) is 8.78 Å². The molecule has 0 radical (unpaired) electrons. The Morgan fingerprint density at radius 1 is 1.25 bits per heavy atom. The quantitative estimate of drug-likeness (QED) is 0.604. The third-order valence-corrected chi connectivity index (χ3v) is 2.60. The minimum atomic E-state index is -0.751. The van der Waals surface area contributed by atoms with E-state index in [1.165, 1.54) is 0 Å². The molecule has 0 bridgehead atoms. The first kappa shape index (κ1) is 9.94. The highest BCUT2D eigenvalue weighted by molar-refractivity contribution is 4.80. The Bertz CT molecular complexity index is 132. The summed E-state index contributed by atoms with van der Waals surface area (Å²) in [6, 6.07) is 0. The third kappa shape index (κ3) is 2.72. The maximum atomic E-state index is 13.2. The minimum Gasteiger partial charge on any atom is -0.247 e. The van der Waals surface area contributed by atoms with Gasteiger partial charge in [-0.1, -0.05) is 13.8 Å². The van der Waals surface area contributed by atoms with Gasteiger partial charge in [0.25, 0.3) is 0 Å². The Hall–Kier alpha value is -0.140. The van der Waals surface area contributed by atoms with Crippen LogP contribution in [0.25, 0.3) is 0 Å². The van der Waals surface area contributed by atoms with Gasteiger partial charge < -0.3 is 0 Å². The van der Waals surface area contributed by atoms with Gasteiger partial charge in [0.05, 0.1) is 0 Å². The van der Waals surface area contributed by atoms with Gasteiger partial charge in [-0.15, -0.1) is 0 Å². The smallest absolute Gasteiger partial charge is 0.103 e. The number of hydrogen-bond donors (Lipinski definition) is 0. The predicted molar refractivity (Wildman–Crippen MR) is 46.6 cm³/mol. The van der Waals surface area contributed by atoms with Crippen LogP contribution in [-0.2, 0) is 0 Å². The van der Waals surface area contributed by atoms with Crippen LogP contribution >= 0.6 is 0 Å². The van der Waals surface area contributed by atoms with Crippen LogP contribution < -0.4 is 0 Å². The van der Waals surface area contributed by atoms with Gasteiger partial charge in [0.1, 0.15) is 12.3 Å². The summed E-state index contributed by atoms with van der Waals surface area (Å²) < 4.78 is 26.1. The molecular weight excluding hydrogens is 158 g/mol. The normalized spacial score (nSPS) is 37.2. The van der Waals surface area contributed by atoms with Crippen LogP contribution in [0, 0.1) is 11.8 Å². The summed E-state index contributed by atoms with van der Waals surface area (Å²) in [5.74, 6) is 0.465. The van der Waals surface area contributed by atoms with E-state index in [1.54, 1.807) is 0 Å². The van der Waals surface area contributed by atoms with Crippen molar-refractivity contribution >= 4 is 0 Å². The molecule has 12 heavy (non-hydrogen) atoms. The maximum Gasteiger partial charge on any atom is 0.103 e. The summed E-state index contributed by atoms with van der Waals surface area (Å²) in [6.45, 7) is 4.13. The molecule has 1 saturated carbocycles. The molecule has 0 heterocycles. The number of rotatable bonds is 2. The zero-order chi connectivity index (χ0) is 9.14. The largest absolute Gasteiger partial charge is 0.247 e. The van der Waals surface area contributed by atoms with E-state index >= 15 is 0 Å². The van der Waals surface area contributed by atoms with Gasteiger partial charge in [0, 0.05) is 0 Å². The van der Waals surface area contributed by atoms with Crippen LogP contribution in [0.4, 0.5) is 8.78 Å². The molecular formula is C10H18F2. The van der Waals surface area contributed by atoms with Crippen molar-refractivity contribution in [1.29, 1.82) is 0 Å². The molecule has 0 aliphatic heterocycles. The first-order valence-corrected chi connectivity index (χ1v) is 4.87. The topological polar surface area (TPSA) is 0 Å². The van der Waals surface area contributed by atoms with Crippen molar-refractivity contribution in [3.8, 4) is 0 Å². The molecule has 1 fully saturated rings. The predicted octanol–water partition coefficient (Wildman–Crippen LogP) is 3.51. The summed E-state index contributed by atoms with van der Waals surface area (Å²) in [6.07, 6.45) is 0.634. The molecule has 0 amide bonds. The van der Waals surface area contributed by atoms with Crippen LogP contribution in [-0.4, -0.2) is 12.3 Å². The van der Waals surface area contributed by atoms with Crippen molar-refractivity contribution < 1.29 is 8.78 Å². The Morgan fingerprint density at radius 3 is 2.50 bits per heavy atom. The molecule has 2 heteroatoms. The molecule has 0 nitrogen and oxygen atoms in total. The average Bonchev–Trinajstić information content (AvgIpc) is 1.96. The van der Waals surface area contributed by atoms with Crippen molar-refractivity contribution in [2.45, 2.75) is 51.9 Å². The van der Waals surface area contributed by atoms with Gasteiger partial charge in [0.2, 0.25) is 0 Å². The lowest BCUT2D eigenvalue weighted by Crippen LogP contribution is -2.27. The summed E-state index contributed by atoms with van der Waals surface area (Å²) in [7, 11) is 0. The number of halogens is 2. The van der Waals surface area contributed by atoms with Gasteiger partial charge >= 0.3 is 0 Å². The standard InChI is InChI=1S/C10H18F2/c1-7(2)5-8-6-9(11)3-4-10(8)12/h7-10H,3-6H2,1-2H3. The molecule has 3 atom stereocenters. The van der Waals surface area contributed by atoms with Gasteiger partial charge in [-0.05, 0) is 37.5 Å². The molecule has 0 aromatic carbocycles. The highest BCUT2D eigenvalue weighted by Crippen LogP contribution is 2.33. The highest BCUT2D eigenvalue weighted by atomic mass is 19.1. The Labute approximate surface area is 73.3 Å². The Balaban J connectivity index is 2.38. The molecule has 0 aromatic rings. The minimum absolute atomic E-state index is 0.0197. The van der Waals surface area contributed by atoms with Crippen LogP contribution in [0.3, 0.4) is 0 Å². The fraction of sp³-hybridized carbons (Fsp3) is 1.00. The van der Waals surface area contributed by atoms with Crippen LogP contribution in [0.15, 0.2) is 0 Å². The molecule has 0 spiro atoms. The monoisotopic (exact) mass is 176 g/mol. The molecule has 1 rings (SSSR count). The highest BCUT2D eigenvalue weighted by Gasteiger charge is 2.30.